The minimum atomic E-state index is 0.353. The summed E-state index contributed by atoms with van der Waals surface area (Å²) >= 11 is 9.32. The van der Waals surface area contributed by atoms with Crippen LogP contribution in [0.25, 0.3) is 0 Å². The Hall–Kier alpha value is -0.740. The number of thiocarbonyl (C=S) groups is 1. The van der Waals surface area contributed by atoms with Crippen molar-refractivity contribution in [2.45, 2.75) is 0 Å². The Kier molecular flexibility index (Phi) is 2.53. The van der Waals surface area contributed by atoms with Gasteiger partial charge in [-0.15, -0.1) is 0 Å². The molecule has 4 heteroatoms. The topological polar surface area (TPSA) is 24.9 Å². The third-order valence-electron chi connectivity index (χ3n) is 0.927. The maximum Gasteiger partial charge on any atom is 0.0402 e. The molecule has 0 atom stereocenters. The second-order valence-corrected chi connectivity index (χ2v) is 2.72. The molecule has 0 aliphatic heterocycles. The molecule has 0 fully saturated rings. The number of anilines is 1. The molecule has 0 saturated heterocycles. The van der Waals surface area contributed by atoms with E-state index >= 15 is 0 Å². The zero-order valence-corrected chi connectivity index (χ0v) is 6.71. The normalized spacial score (nSPS) is 8.80. The van der Waals surface area contributed by atoms with Gasteiger partial charge in [0.2, 0.25) is 0 Å². The van der Waals surface area contributed by atoms with Crippen molar-refractivity contribution < 1.29 is 0 Å². The number of hydrogen-bond donors (Lipinski definition) is 1. The van der Waals surface area contributed by atoms with Gasteiger partial charge in [-0.3, -0.25) is 4.98 Å². The Morgan fingerprint density at radius 1 is 1.50 bits per heavy atom. The van der Waals surface area contributed by atoms with Gasteiger partial charge in [-0.25, -0.2) is 0 Å². The molecule has 1 aromatic rings. The van der Waals surface area contributed by atoms with Crippen LogP contribution in [0.15, 0.2) is 24.5 Å². The lowest BCUT2D eigenvalue weighted by molar-refractivity contribution is 1.33. The summed E-state index contributed by atoms with van der Waals surface area (Å²) in [5.41, 5.74) is 0.884. The number of pyridine rings is 1. The predicted molar refractivity (Wildman–Crippen MR) is 47.8 cm³/mol. The van der Waals surface area contributed by atoms with Gasteiger partial charge in [0.1, 0.15) is 0 Å². The van der Waals surface area contributed by atoms with Crippen molar-refractivity contribution in [3.05, 3.63) is 24.5 Å². The molecule has 52 valence electrons. The van der Waals surface area contributed by atoms with E-state index in [1.54, 1.807) is 24.5 Å². The summed E-state index contributed by atoms with van der Waals surface area (Å²) in [5.74, 6) is 0. The van der Waals surface area contributed by atoms with Crippen LogP contribution >= 0.6 is 12.2 Å². The highest BCUT2D eigenvalue weighted by atomic mass is 32.1. The van der Waals surface area contributed by atoms with Crippen molar-refractivity contribution in [3.8, 4) is 0 Å². The summed E-state index contributed by atoms with van der Waals surface area (Å²) in [6.07, 6.45) is 3.35. The quantitative estimate of drug-likeness (QED) is 0.506. The van der Waals surface area contributed by atoms with Crippen molar-refractivity contribution >= 4 is 34.9 Å². The number of hydrogen-bond acceptors (Lipinski definition) is 3. The van der Waals surface area contributed by atoms with Gasteiger partial charge in [0.15, 0.2) is 0 Å². The number of nitrogens with one attached hydrogen (secondary N) is 1. The van der Waals surface area contributed by atoms with Crippen LogP contribution in [-0.4, -0.2) is 9.30 Å². The zero-order chi connectivity index (χ0) is 7.40. The number of nitrogens with zero attached hydrogens (tertiary/aromatic N) is 1. The minimum absolute atomic E-state index is 0.353. The molecule has 1 N–H and O–H groups in total. The van der Waals surface area contributed by atoms with E-state index in [-0.39, 0.29) is 0 Å². The Balaban J connectivity index is 2.67. The summed E-state index contributed by atoms with van der Waals surface area (Å²) in [6.45, 7) is 0. The molecule has 0 unspecified atom stereocenters. The van der Waals surface area contributed by atoms with Crippen LogP contribution in [-0.2, 0) is 12.6 Å². The van der Waals surface area contributed by atoms with Gasteiger partial charge in [0, 0.05) is 18.1 Å². The fourth-order valence-corrected chi connectivity index (χ4v) is 0.789. The average Bonchev–Trinajstić information content (AvgIpc) is 1.88. The monoisotopic (exact) mass is 169 g/mol. The molecule has 0 aromatic carbocycles. The highest BCUT2D eigenvalue weighted by molar-refractivity contribution is 8.00. The first-order valence-electron chi connectivity index (χ1n) is 2.67. The molecule has 1 heterocycles. The van der Waals surface area contributed by atoms with Crippen LogP contribution in [0.1, 0.15) is 0 Å². The van der Waals surface area contributed by atoms with Crippen molar-refractivity contribution in [1.82, 2.24) is 4.98 Å². The first-order chi connectivity index (χ1) is 4.79. The zero-order valence-electron chi connectivity index (χ0n) is 5.07. The maximum absolute atomic E-state index is 4.66. The van der Waals surface area contributed by atoms with Crippen LogP contribution in [0.4, 0.5) is 5.69 Å². The van der Waals surface area contributed by atoms with E-state index in [0.29, 0.717) is 4.32 Å². The molecule has 1 rings (SSSR count). The largest absolute Gasteiger partial charge is 0.411 e. The average molecular weight is 169 g/mol. The molecule has 0 spiro atoms. The second kappa shape index (κ2) is 3.43. The van der Waals surface area contributed by atoms with E-state index in [2.05, 4.69) is 35.1 Å². The van der Waals surface area contributed by atoms with Gasteiger partial charge in [-0.1, -0.05) is 4.32 Å². The predicted octanol–water partition coefficient (Wildman–Crippen LogP) is 1.33. The molecule has 2 nitrogen and oxygen atoms in total. The molecule has 0 saturated carbocycles. The summed E-state index contributed by atoms with van der Waals surface area (Å²) in [7, 11) is 0. The summed E-state index contributed by atoms with van der Waals surface area (Å²) in [5, 5.41) is 2.81. The number of rotatable bonds is 1. The van der Waals surface area contributed by atoms with E-state index in [9.17, 15) is 0 Å². The van der Waals surface area contributed by atoms with Gasteiger partial charge in [-0.2, -0.15) is 0 Å². The van der Waals surface area contributed by atoms with Gasteiger partial charge in [0.25, 0.3) is 0 Å². The fraction of sp³-hybridized carbons (Fsp3) is 0. The SMILES string of the molecule is S=C([S-])Nc1ccncc1. The highest BCUT2D eigenvalue weighted by Crippen LogP contribution is 2.02. The fourth-order valence-electron chi connectivity index (χ4n) is 0.553. The summed E-state index contributed by atoms with van der Waals surface area (Å²) in [6, 6.07) is 3.61. The van der Waals surface area contributed by atoms with Crippen molar-refractivity contribution in [1.29, 1.82) is 0 Å². The molecule has 0 amide bonds. The first-order valence-corrected chi connectivity index (χ1v) is 3.49. The van der Waals surface area contributed by atoms with E-state index in [1.165, 1.54) is 0 Å². The first kappa shape index (κ1) is 7.37. The van der Waals surface area contributed by atoms with Crippen LogP contribution in [0.2, 0.25) is 0 Å². The molecule has 0 bridgehead atoms. The Morgan fingerprint density at radius 2 is 2.10 bits per heavy atom. The van der Waals surface area contributed by atoms with E-state index in [4.69, 9.17) is 0 Å². The van der Waals surface area contributed by atoms with Gasteiger partial charge < -0.3 is 30.2 Å². The maximum atomic E-state index is 4.66. The highest BCUT2D eigenvalue weighted by Gasteiger charge is 1.83. The van der Waals surface area contributed by atoms with Gasteiger partial charge >= 0.3 is 0 Å². The number of aromatic nitrogens is 1. The summed E-state index contributed by atoms with van der Waals surface area (Å²) in [4.78, 5) is 3.84. The Morgan fingerprint density at radius 3 is 2.60 bits per heavy atom. The molecule has 0 aliphatic carbocycles. The lowest BCUT2D eigenvalue weighted by Crippen LogP contribution is -2.03. The van der Waals surface area contributed by atoms with Crippen LogP contribution in [0.3, 0.4) is 0 Å². The second-order valence-electron chi connectivity index (χ2n) is 1.65. The lowest BCUT2D eigenvalue weighted by atomic mass is 10.4. The summed E-state index contributed by atoms with van der Waals surface area (Å²) < 4.78 is 0.353. The minimum Gasteiger partial charge on any atom is -0.411 e. The van der Waals surface area contributed by atoms with Crippen molar-refractivity contribution in [2.75, 3.05) is 5.32 Å². The van der Waals surface area contributed by atoms with E-state index in [1.807, 2.05) is 0 Å². The third-order valence-corrected chi connectivity index (χ3v) is 1.13. The third kappa shape index (κ3) is 2.24. The van der Waals surface area contributed by atoms with Crippen LogP contribution in [0, 0.1) is 0 Å². The Labute approximate surface area is 70.1 Å². The Bertz CT molecular complexity index is 222. The van der Waals surface area contributed by atoms with E-state index < -0.39 is 0 Å². The molecular weight excluding hydrogens is 164 g/mol. The van der Waals surface area contributed by atoms with Gasteiger partial charge in [-0.05, 0) is 12.1 Å². The molecule has 10 heavy (non-hydrogen) atoms. The molecule has 0 aliphatic rings. The molecule has 0 radical (unpaired) electrons. The van der Waals surface area contributed by atoms with Crippen molar-refractivity contribution in [3.63, 3.8) is 0 Å². The molecular formula is C6H5N2S2-. The lowest BCUT2D eigenvalue weighted by Gasteiger charge is -2.07. The standard InChI is InChI=1S/C6H6N2S2/c9-6(10)8-5-1-3-7-4-2-5/h1-4H,(H2,7,8,9,10)/p-1. The van der Waals surface area contributed by atoms with Crippen LogP contribution in [0.5, 0.6) is 0 Å². The smallest absolute Gasteiger partial charge is 0.0402 e. The van der Waals surface area contributed by atoms with Crippen molar-refractivity contribution in [2.24, 2.45) is 0 Å². The van der Waals surface area contributed by atoms with Gasteiger partial charge in [0.05, 0.1) is 0 Å². The molecule has 1 aromatic heterocycles. The van der Waals surface area contributed by atoms with Crippen LogP contribution < -0.4 is 5.32 Å². The van der Waals surface area contributed by atoms with E-state index in [0.717, 1.165) is 5.69 Å².